The molecule has 0 atom stereocenters. The van der Waals surface area contributed by atoms with Crippen LogP contribution < -0.4 is 10.6 Å². The fourth-order valence-electron chi connectivity index (χ4n) is 1.91. The molecule has 0 radical (unpaired) electrons. The molecule has 0 aliphatic heterocycles. The molecule has 0 bridgehead atoms. The third-order valence-corrected chi connectivity index (χ3v) is 3.04. The first-order chi connectivity index (χ1) is 10.3. The van der Waals surface area contributed by atoms with Gasteiger partial charge in [0, 0.05) is 44.1 Å². The molecule has 1 amide bonds. The summed E-state index contributed by atoms with van der Waals surface area (Å²) in [6.07, 6.45) is 7.95. The fraction of sp³-hybridized carbons (Fsp3) is 0.429. The number of amides is 1. The normalized spacial score (nSPS) is 10.3. The smallest absolute Gasteiger partial charge is 0.220 e. The van der Waals surface area contributed by atoms with Gasteiger partial charge in [-0.2, -0.15) is 5.10 Å². The molecule has 2 aromatic rings. The van der Waals surface area contributed by atoms with Crippen molar-refractivity contribution >= 4 is 11.6 Å². The highest BCUT2D eigenvalue weighted by Gasteiger charge is 2.01. The molecule has 0 unspecified atom stereocenters. The van der Waals surface area contributed by atoms with Gasteiger partial charge in [0.25, 0.3) is 0 Å². The molecule has 2 heterocycles. The number of carbonyl (C=O) groups is 1. The van der Waals surface area contributed by atoms with E-state index in [1.807, 2.05) is 19.2 Å². The zero-order chi connectivity index (χ0) is 14.9. The number of nitrogens with zero attached hydrogens (tertiary/aromatic N) is 4. The van der Waals surface area contributed by atoms with Crippen LogP contribution in [0.1, 0.15) is 18.4 Å². The van der Waals surface area contributed by atoms with Gasteiger partial charge in [-0.15, -0.1) is 0 Å². The van der Waals surface area contributed by atoms with Gasteiger partial charge in [-0.05, 0) is 25.0 Å². The number of anilines is 1. The van der Waals surface area contributed by atoms with Gasteiger partial charge in [-0.3, -0.25) is 14.5 Å². The lowest BCUT2D eigenvalue weighted by Gasteiger charge is -2.09. The first-order valence-corrected chi connectivity index (χ1v) is 6.99. The fourth-order valence-corrected chi connectivity index (χ4v) is 1.91. The molecule has 0 saturated carbocycles. The van der Waals surface area contributed by atoms with Gasteiger partial charge in [0.2, 0.25) is 5.91 Å². The maximum atomic E-state index is 11.7. The summed E-state index contributed by atoms with van der Waals surface area (Å²) in [5, 5.41) is 10.1. The highest BCUT2D eigenvalue weighted by Crippen LogP contribution is 2.10. The van der Waals surface area contributed by atoms with Crippen LogP contribution in [0.5, 0.6) is 0 Å². The molecule has 2 rings (SSSR count). The zero-order valence-electron chi connectivity index (χ0n) is 12.1. The van der Waals surface area contributed by atoms with Gasteiger partial charge in [-0.25, -0.2) is 4.98 Å². The van der Waals surface area contributed by atoms with E-state index in [0.29, 0.717) is 26.1 Å². The molecule has 0 aliphatic carbocycles. The van der Waals surface area contributed by atoms with Crippen molar-refractivity contribution in [2.24, 2.45) is 0 Å². The quantitative estimate of drug-likeness (QED) is 0.708. The third kappa shape index (κ3) is 5.21. The summed E-state index contributed by atoms with van der Waals surface area (Å²) in [5.41, 5.74) is 2.14. The molecular formula is C14H20N6O. The van der Waals surface area contributed by atoms with Crippen LogP contribution in [0.2, 0.25) is 0 Å². The molecule has 0 saturated heterocycles. The molecule has 21 heavy (non-hydrogen) atoms. The highest BCUT2D eigenvalue weighted by atomic mass is 16.1. The van der Waals surface area contributed by atoms with Crippen molar-refractivity contribution in [3.63, 3.8) is 0 Å². The predicted molar refractivity (Wildman–Crippen MR) is 79.7 cm³/mol. The van der Waals surface area contributed by atoms with Crippen molar-refractivity contribution in [3.8, 4) is 0 Å². The molecule has 0 aromatic carbocycles. The summed E-state index contributed by atoms with van der Waals surface area (Å²) < 4.78 is 1.72. The lowest BCUT2D eigenvalue weighted by molar-refractivity contribution is -0.121. The number of aryl methyl sites for hydroxylation is 2. The van der Waals surface area contributed by atoms with Gasteiger partial charge in [0.1, 0.15) is 12.7 Å². The third-order valence-electron chi connectivity index (χ3n) is 3.04. The van der Waals surface area contributed by atoms with E-state index in [0.717, 1.165) is 17.7 Å². The Labute approximate surface area is 123 Å². The molecule has 2 aromatic heterocycles. The Morgan fingerprint density at radius 3 is 3.00 bits per heavy atom. The second-order valence-electron chi connectivity index (χ2n) is 4.73. The van der Waals surface area contributed by atoms with Crippen LogP contribution in [0.4, 0.5) is 5.69 Å². The number of hydrogen-bond donors (Lipinski definition) is 2. The lowest BCUT2D eigenvalue weighted by Crippen LogP contribution is -2.28. The van der Waals surface area contributed by atoms with E-state index in [1.54, 1.807) is 17.2 Å². The van der Waals surface area contributed by atoms with E-state index in [1.165, 1.54) is 6.33 Å². The average molecular weight is 288 g/mol. The Kier molecular flexibility index (Phi) is 5.69. The molecular weight excluding hydrogens is 268 g/mol. The van der Waals surface area contributed by atoms with Crippen LogP contribution in [-0.2, 0) is 11.3 Å². The van der Waals surface area contributed by atoms with E-state index in [9.17, 15) is 4.79 Å². The van der Waals surface area contributed by atoms with E-state index >= 15 is 0 Å². The summed E-state index contributed by atoms with van der Waals surface area (Å²) in [5.74, 6) is 0.0587. The topological polar surface area (TPSA) is 84.7 Å². The molecule has 0 spiro atoms. The number of hydrogen-bond acceptors (Lipinski definition) is 5. The standard InChI is InChI=1S/C14H20N6O/c1-12-9-15-5-4-13(12)17-6-7-18-14(21)3-2-8-20-11-16-10-19-20/h4-5,9-11H,2-3,6-8H2,1H3,(H,15,17)(H,18,21). The number of carbonyl (C=O) groups excluding carboxylic acids is 1. The van der Waals surface area contributed by atoms with Crippen LogP contribution in [0.25, 0.3) is 0 Å². The molecule has 7 heteroatoms. The van der Waals surface area contributed by atoms with Crippen LogP contribution in [0, 0.1) is 6.92 Å². The predicted octanol–water partition coefficient (Wildman–Crippen LogP) is 0.990. The Morgan fingerprint density at radius 1 is 1.33 bits per heavy atom. The summed E-state index contributed by atoms with van der Waals surface area (Å²) >= 11 is 0. The average Bonchev–Trinajstić information content (AvgIpc) is 2.98. The lowest BCUT2D eigenvalue weighted by atomic mass is 10.2. The number of nitrogens with one attached hydrogen (secondary N) is 2. The number of pyridine rings is 1. The Bertz CT molecular complexity index is 554. The number of rotatable bonds is 8. The van der Waals surface area contributed by atoms with E-state index < -0.39 is 0 Å². The van der Waals surface area contributed by atoms with E-state index in [2.05, 4.69) is 25.7 Å². The molecule has 7 nitrogen and oxygen atoms in total. The van der Waals surface area contributed by atoms with Crippen molar-refractivity contribution in [1.29, 1.82) is 0 Å². The zero-order valence-corrected chi connectivity index (χ0v) is 12.1. The number of aromatic nitrogens is 4. The van der Waals surface area contributed by atoms with Gasteiger partial charge in [-0.1, -0.05) is 0 Å². The van der Waals surface area contributed by atoms with Crippen molar-refractivity contribution in [1.82, 2.24) is 25.1 Å². The van der Waals surface area contributed by atoms with Crippen LogP contribution in [-0.4, -0.2) is 38.7 Å². The van der Waals surface area contributed by atoms with E-state index in [4.69, 9.17) is 0 Å². The first-order valence-electron chi connectivity index (χ1n) is 6.99. The van der Waals surface area contributed by atoms with Crippen LogP contribution in [0.15, 0.2) is 31.1 Å². The van der Waals surface area contributed by atoms with Crippen molar-refractivity contribution in [2.75, 3.05) is 18.4 Å². The molecule has 0 aliphatic rings. The van der Waals surface area contributed by atoms with Crippen molar-refractivity contribution < 1.29 is 4.79 Å². The van der Waals surface area contributed by atoms with Crippen molar-refractivity contribution in [3.05, 3.63) is 36.7 Å². The first kappa shape index (κ1) is 15.0. The van der Waals surface area contributed by atoms with Gasteiger partial charge in [0.05, 0.1) is 0 Å². The second-order valence-corrected chi connectivity index (χ2v) is 4.73. The SMILES string of the molecule is Cc1cnccc1NCCNC(=O)CCCn1cncn1. The molecule has 2 N–H and O–H groups in total. The van der Waals surface area contributed by atoms with Gasteiger partial charge < -0.3 is 10.6 Å². The van der Waals surface area contributed by atoms with E-state index in [-0.39, 0.29) is 5.91 Å². The largest absolute Gasteiger partial charge is 0.383 e. The Balaban J connectivity index is 1.56. The molecule has 112 valence electrons. The van der Waals surface area contributed by atoms with Crippen molar-refractivity contribution in [2.45, 2.75) is 26.3 Å². The minimum Gasteiger partial charge on any atom is -0.383 e. The summed E-state index contributed by atoms with van der Waals surface area (Å²) in [4.78, 5) is 19.5. The minimum absolute atomic E-state index is 0.0587. The summed E-state index contributed by atoms with van der Waals surface area (Å²) in [6, 6.07) is 1.93. The van der Waals surface area contributed by atoms with Crippen LogP contribution >= 0.6 is 0 Å². The highest BCUT2D eigenvalue weighted by molar-refractivity contribution is 5.75. The van der Waals surface area contributed by atoms with Gasteiger partial charge >= 0.3 is 0 Å². The second kappa shape index (κ2) is 7.98. The van der Waals surface area contributed by atoms with Crippen LogP contribution in [0.3, 0.4) is 0 Å². The van der Waals surface area contributed by atoms with Gasteiger partial charge in [0.15, 0.2) is 0 Å². The Morgan fingerprint density at radius 2 is 2.24 bits per heavy atom. The minimum atomic E-state index is 0.0587. The Hall–Kier alpha value is -2.44. The molecule has 0 fully saturated rings. The summed E-state index contributed by atoms with van der Waals surface area (Å²) in [6.45, 7) is 4.00. The summed E-state index contributed by atoms with van der Waals surface area (Å²) in [7, 11) is 0. The maximum Gasteiger partial charge on any atom is 0.220 e. The monoisotopic (exact) mass is 288 g/mol. The maximum absolute atomic E-state index is 11.7.